The third kappa shape index (κ3) is 3.22. The summed E-state index contributed by atoms with van der Waals surface area (Å²) >= 11 is -1.33. The van der Waals surface area contributed by atoms with Crippen molar-refractivity contribution in [1.29, 1.82) is 0 Å². The molecule has 1 unspecified atom stereocenters. The maximum absolute atomic E-state index is 12.0. The van der Waals surface area contributed by atoms with Crippen molar-refractivity contribution in [3.8, 4) is 0 Å². The van der Waals surface area contributed by atoms with Gasteiger partial charge in [0.1, 0.15) is 11.4 Å². The lowest BCUT2D eigenvalue weighted by Crippen LogP contribution is -2.00. The van der Waals surface area contributed by atoms with E-state index in [0.717, 1.165) is 16.0 Å². The fourth-order valence-corrected chi connectivity index (χ4v) is 2.44. The molecule has 3 heteroatoms. The molecule has 0 bridgehead atoms. The topological polar surface area (TPSA) is 35.4 Å². The molecule has 0 aliphatic rings. The van der Waals surface area contributed by atoms with Crippen molar-refractivity contribution >= 4 is 17.6 Å². The van der Waals surface area contributed by atoms with Gasteiger partial charge in [0.05, 0.1) is 6.21 Å². The van der Waals surface area contributed by atoms with Gasteiger partial charge >= 0.3 is 0 Å². The third-order valence-corrected chi connectivity index (χ3v) is 3.79. The Hall–Kier alpha value is -1.58. The average molecular weight is 257 g/mol. The standard InChI is InChI=1S/C15H15NOS/c1-12-7-9-14(10-8-12)11-16-18(17)15-6-4-3-5-13(15)2/h3-11H,1-2H3/b16-11+. The fraction of sp³-hybridized carbons (Fsp3) is 0.133. The highest BCUT2D eigenvalue weighted by Crippen LogP contribution is 2.16. The van der Waals surface area contributed by atoms with E-state index in [9.17, 15) is 4.55 Å². The number of aryl methyl sites for hydroxylation is 2. The molecule has 0 spiro atoms. The first-order valence-corrected chi connectivity index (χ1v) is 6.86. The van der Waals surface area contributed by atoms with Crippen LogP contribution >= 0.6 is 0 Å². The van der Waals surface area contributed by atoms with Crippen LogP contribution in [0.4, 0.5) is 0 Å². The second kappa shape index (κ2) is 5.85. The van der Waals surface area contributed by atoms with Crippen LogP contribution in [-0.2, 0) is 11.4 Å². The Morgan fingerprint density at radius 3 is 2.33 bits per heavy atom. The van der Waals surface area contributed by atoms with Crippen molar-refractivity contribution in [3.63, 3.8) is 0 Å². The van der Waals surface area contributed by atoms with E-state index in [4.69, 9.17) is 0 Å². The van der Waals surface area contributed by atoms with E-state index in [1.807, 2.05) is 62.4 Å². The number of benzene rings is 2. The van der Waals surface area contributed by atoms with Gasteiger partial charge in [0.25, 0.3) is 0 Å². The first-order chi connectivity index (χ1) is 8.66. The second-order valence-electron chi connectivity index (χ2n) is 4.16. The number of rotatable bonds is 3. The summed E-state index contributed by atoms with van der Waals surface area (Å²) in [5, 5.41) is 0. The zero-order valence-electron chi connectivity index (χ0n) is 10.5. The molecule has 2 aromatic rings. The normalized spacial score (nSPS) is 12.8. The van der Waals surface area contributed by atoms with E-state index in [0.29, 0.717) is 0 Å². The van der Waals surface area contributed by atoms with E-state index in [1.54, 1.807) is 6.21 Å². The number of hydrogen-bond acceptors (Lipinski definition) is 2. The Bertz CT molecular complexity index is 549. The molecule has 0 heterocycles. The van der Waals surface area contributed by atoms with Crippen molar-refractivity contribution < 1.29 is 4.55 Å². The molecule has 2 nitrogen and oxygen atoms in total. The summed E-state index contributed by atoms with van der Waals surface area (Å²) in [5.74, 6) is 0. The summed E-state index contributed by atoms with van der Waals surface area (Å²) in [4.78, 5) is 0.765. The molecule has 0 aromatic heterocycles. The molecule has 2 aromatic carbocycles. The molecule has 92 valence electrons. The van der Waals surface area contributed by atoms with Gasteiger partial charge in [-0.15, -0.1) is 0 Å². The minimum atomic E-state index is -1.33. The third-order valence-electron chi connectivity index (χ3n) is 2.66. The predicted molar refractivity (Wildman–Crippen MR) is 76.4 cm³/mol. The van der Waals surface area contributed by atoms with Gasteiger partial charge in [-0.05, 0) is 25.5 Å². The van der Waals surface area contributed by atoms with E-state index in [1.165, 1.54) is 5.56 Å². The Morgan fingerprint density at radius 1 is 1.00 bits per heavy atom. The Morgan fingerprint density at radius 2 is 1.67 bits per heavy atom. The van der Waals surface area contributed by atoms with Crippen molar-refractivity contribution in [2.45, 2.75) is 18.7 Å². The lowest BCUT2D eigenvalue weighted by molar-refractivity contribution is 0.596. The molecule has 0 amide bonds. The summed E-state index contributed by atoms with van der Waals surface area (Å²) in [7, 11) is 0. The Balaban J connectivity index is 2.14. The quantitative estimate of drug-likeness (QED) is 0.612. The molecule has 0 saturated heterocycles. The highest BCUT2D eigenvalue weighted by molar-refractivity contribution is 7.90. The minimum Gasteiger partial charge on any atom is -0.586 e. The van der Waals surface area contributed by atoms with E-state index in [2.05, 4.69) is 4.40 Å². The fourth-order valence-electron chi connectivity index (χ4n) is 1.57. The smallest absolute Gasteiger partial charge is 0.185 e. The van der Waals surface area contributed by atoms with Gasteiger partial charge in [-0.2, -0.15) is 0 Å². The molecule has 18 heavy (non-hydrogen) atoms. The predicted octanol–water partition coefficient (Wildman–Crippen LogP) is 3.45. The van der Waals surface area contributed by atoms with Crippen LogP contribution in [0.3, 0.4) is 0 Å². The summed E-state index contributed by atoms with van der Waals surface area (Å²) < 4.78 is 16.1. The van der Waals surface area contributed by atoms with Gasteiger partial charge in [0, 0.05) is 5.56 Å². The molecule has 0 radical (unpaired) electrons. The van der Waals surface area contributed by atoms with Crippen molar-refractivity contribution in [3.05, 3.63) is 65.2 Å². The number of hydrogen-bond donors (Lipinski definition) is 0. The SMILES string of the molecule is Cc1ccc(/C=N/[S+]([O-])c2ccccc2C)cc1. The van der Waals surface area contributed by atoms with E-state index in [-0.39, 0.29) is 0 Å². The lowest BCUT2D eigenvalue weighted by atomic mass is 10.2. The van der Waals surface area contributed by atoms with Gasteiger partial charge in [-0.1, -0.05) is 52.4 Å². The zero-order chi connectivity index (χ0) is 13.0. The summed E-state index contributed by atoms with van der Waals surface area (Å²) in [5.41, 5.74) is 3.16. The lowest BCUT2D eigenvalue weighted by Gasteiger charge is -2.04. The Labute approximate surface area is 111 Å². The van der Waals surface area contributed by atoms with Gasteiger partial charge in [-0.25, -0.2) is 0 Å². The molecule has 0 aliphatic carbocycles. The zero-order valence-corrected chi connectivity index (χ0v) is 11.3. The van der Waals surface area contributed by atoms with Crippen LogP contribution in [0, 0.1) is 13.8 Å². The van der Waals surface area contributed by atoms with Crippen LogP contribution in [0.25, 0.3) is 0 Å². The van der Waals surface area contributed by atoms with Crippen LogP contribution in [0.15, 0.2) is 57.8 Å². The summed E-state index contributed by atoms with van der Waals surface area (Å²) in [6.45, 7) is 3.97. The molecule has 0 saturated carbocycles. The maximum atomic E-state index is 12.0. The second-order valence-corrected chi connectivity index (χ2v) is 5.31. The van der Waals surface area contributed by atoms with Gasteiger partial charge in [0.2, 0.25) is 0 Å². The highest BCUT2D eigenvalue weighted by Gasteiger charge is 2.11. The minimum absolute atomic E-state index is 0.765. The van der Waals surface area contributed by atoms with Crippen LogP contribution in [0.1, 0.15) is 16.7 Å². The molecular formula is C15H15NOS. The summed E-state index contributed by atoms with van der Waals surface area (Å²) in [6, 6.07) is 15.5. The van der Waals surface area contributed by atoms with Crippen molar-refractivity contribution in [2.75, 3.05) is 0 Å². The van der Waals surface area contributed by atoms with Crippen LogP contribution in [-0.4, -0.2) is 10.8 Å². The van der Waals surface area contributed by atoms with Crippen molar-refractivity contribution in [1.82, 2.24) is 0 Å². The monoisotopic (exact) mass is 257 g/mol. The van der Waals surface area contributed by atoms with E-state index < -0.39 is 11.4 Å². The van der Waals surface area contributed by atoms with Crippen LogP contribution < -0.4 is 0 Å². The molecule has 0 fully saturated rings. The molecular weight excluding hydrogens is 242 g/mol. The van der Waals surface area contributed by atoms with Gasteiger partial charge in [-0.3, -0.25) is 0 Å². The maximum Gasteiger partial charge on any atom is 0.185 e. The highest BCUT2D eigenvalue weighted by atomic mass is 32.2. The molecule has 1 atom stereocenters. The van der Waals surface area contributed by atoms with Crippen LogP contribution in [0.5, 0.6) is 0 Å². The first kappa shape index (κ1) is 12.9. The molecule has 0 aliphatic heterocycles. The van der Waals surface area contributed by atoms with Gasteiger partial charge < -0.3 is 4.55 Å². The first-order valence-electron chi connectivity index (χ1n) is 5.75. The largest absolute Gasteiger partial charge is 0.586 e. The van der Waals surface area contributed by atoms with E-state index >= 15 is 0 Å². The molecule has 2 rings (SSSR count). The average Bonchev–Trinajstić information content (AvgIpc) is 2.38. The molecule has 0 N–H and O–H groups in total. The number of nitrogens with zero attached hydrogens (tertiary/aromatic N) is 1. The van der Waals surface area contributed by atoms with Crippen molar-refractivity contribution in [2.24, 2.45) is 4.40 Å². The van der Waals surface area contributed by atoms with Gasteiger partial charge in [0.15, 0.2) is 4.90 Å². The Kier molecular flexibility index (Phi) is 4.18. The summed E-state index contributed by atoms with van der Waals surface area (Å²) in [6.07, 6.45) is 1.65. The van der Waals surface area contributed by atoms with Crippen LogP contribution in [0.2, 0.25) is 0 Å².